The summed E-state index contributed by atoms with van der Waals surface area (Å²) in [5.41, 5.74) is 2.74. The minimum Gasteiger partial charge on any atom is -0.484 e. The number of nitrogens with zero attached hydrogens (tertiary/aromatic N) is 1. The minimum absolute atomic E-state index is 0.0386. The number of aliphatic hydroxyl groups is 1. The Hall–Kier alpha value is -1.59. The Morgan fingerprint density at radius 3 is 3.10 bits per heavy atom. The number of aryl methyl sites for hydroxylation is 2. The van der Waals surface area contributed by atoms with Gasteiger partial charge in [0.2, 0.25) is 0 Å². The molecule has 0 spiro atoms. The fourth-order valence-corrected chi connectivity index (χ4v) is 2.93. The number of ether oxygens (including phenoxy) is 2. The van der Waals surface area contributed by atoms with Crippen molar-refractivity contribution in [1.29, 1.82) is 0 Å². The molecule has 1 N–H and O–H groups in total. The van der Waals surface area contributed by atoms with Crippen LogP contribution in [0.2, 0.25) is 0 Å². The van der Waals surface area contributed by atoms with Gasteiger partial charge in [-0.05, 0) is 42.5 Å². The molecular weight excluding hydrogens is 270 g/mol. The van der Waals surface area contributed by atoms with Gasteiger partial charge in [0.15, 0.2) is 6.61 Å². The second-order valence-corrected chi connectivity index (χ2v) is 5.59. The molecule has 0 saturated carbocycles. The molecule has 1 aliphatic carbocycles. The van der Waals surface area contributed by atoms with E-state index in [1.165, 1.54) is 17.5 Å². The standard InChI is InChI=1S/C16H21NO4/c18-10-15-9-17(6-7-20-15)16(19)11-21-14-5-4-12-2-1-3-13(12)8-14/h4-5,8,15,18H,1-3,6-7,9-11H2. The summed E-state index contributed by atoms with van der Waals surface area (Å²) in [7, 11) is 0. The lowest BCUT2D eigenvalue weighted by molar-refractivity contribution is -0.142. The molecule has 0 bridgehead atoms. The third kappa shape index (κ3) is 3.36. The van der Waals surface area contributed by atoms with Crippen molar-refractivity contribution in [3.8, 4) is 5.75 Å². The average Bonchev–Trinajstić information content (AvgIpc) is 3.00. The van der Waals surface area contributed by atoms with Crippen molar-refractivity contribution >= 4 is 5.91 Å². The van der Waals surface area contributed by atoms with Crippen molar-refractivity contribution in [1.82, 2.24) is 4.90 Å². The van der Waals surface area contributed by atoms with Gasteiger partial charge < -0.3 is 19.5 Å². The fraction of sp³-hybridized carbons (Fsp3) is 0.562. The number of carbonyl (C=O) groups is 1. The van der Waals surface area contributed by atoms with Crippen molar-refractivity contribution < 1.29 is 19.4 Å². The molecule has 1 aromatic rings. The van der Waals surface area contributed by atoms with E-state index < -0.39 is 0 Å². The van der Waals surface area contributed by atoms with Crippen LogP contribution >= 0.6 is 0 Å². The first-order valence-corrected chi connectivity index (χ1v) is 7.51. The highest BCUT2D eigenvalue weighted by atomic mass is 16.5. The molecule has 5 heteroatoms. The number of hydrogen-bond donors (Lipinski definition) is 1. The first kappa shape index (κ1) is 14.4. The Morgan fingerprint density at radius 2 is 2.24 bits per heavy atom. The Balaban J connectivity index is 1.53. The molecule has 0 radical (unpaired) electrons. The van der Waals surface area contributed by atoms with Gasteiger partial charge in [-0.3, -0.25) is 4.79 Å². The van der Waals surface area contributed by atoms with E-state index in [0.717, 1.165) is 18.6 Å². The van der Waals surface area contributed by atoms with E-state index in [9.17, 15) is 4.79 Å². The first-order valence-electron chi connectivity index (χ1n) is 7.51. The Labute approximate surface area is 124 Å². The molecule has 1 amide bonds. The summed E-state index contributed by atoms with van der Waals surface area (Å²) in [6.07, 6.45) is 3.17. The van der Waals surface area contributed by atoms with Crippen molar-refractivity contribution in [2.24, 2.45) is 0 Å². The summed E-state index contributed by atoms with van der Waals surface area (Å²) in [6.45, 7) is 1.44. The lowest BCUT2D eigenvalue weighted by Crippen LogP contribution is -2.48. The quantitative estimate of drug-likeness (QED) is 0.890. The third-order valence-electron chi connectivity index (χ3n) is 4.13. The van der Waals surface area contributed by atoms with Crippen LogP contribution in [-0.4, -0.2) is 54.9 Å². The zero-order valence-corrected chi connectivity index (χ0v) is 12.1. The monoisotopic (exact) mass is 291 g/mol. The van der Waals surface area contributed by atoms with E-state index in [0.29, 0.717) is 19.7 Å². The Bertz CT molecular complexity index is 517. The number of aliphatic hydroxyl groups excluding tert-OH is 1. The largest absolute Gasteiger partial charge is 0.484 e. The van der Waals surface area contributed by atoms with Crippen LogP contribution < -0.4 is 4.74 Å². The van der Waals surface area contributed by atoms with Gasteiger partial charge >= 0.3 is 0 Å². The van der Waals surface area contributed by atoms with Crippen LogP contribution in [0.1, 0.15) is 17.5 Å². The van der Waals surface area contributed by atoms with Crippen LogP contribution in [0.25, 0.3) is 0 Å². The van der Waals surface area contributed by atoms with Crippen LogP contribution in [0.15, 0.2) is 18.2 Å². The number of fused-ring (bicyclic) bond motifs is 1. The van der Waals surface area contributed by atoms with Gasteiger partial charge in [-0.25, -0.2) is 0 Å². The lowest BCUT2D eigenvalue weighted by Gasteiger charge is -2.31. The number of amides is 1. The summed E-state index contributed by atoms with van der Waals surface area (Å²) in [4.78, 5) is 13.8. The molecule has 21 heavy (non-hydrogen) atoms. The highest BCUT2D eigenvalue weighted by Crippen LogP contribution is 2.26. The molecule has 1 unspecified atom stereocenters. The predicted octanol–water partition coefficient (Wildman–Crippen LogP) is 0.774. The van der Waals surface area contributed by atoms with Crippen molar-refractivity contribution in [3.05, 3.63) is 29.3 Å². The van der Waals surface area contributed by atoms with Crippen LogP contribution in [0, 0.1) is 0 Å². The Kier molecular flexibility index (Phi) is 4.41. The maximum absolute atomic E-state index is 12.1. The van der Waals surface area contributed by atoms with Crippen molar-refractivity contribution in [2.45, 2.75) is 25.4 Å². The molecule has 2 aliphatic rings. The maximum atomic E-state index is 12.1. The van der Waals surface area contributed by atoms with Crippen molar-refractivity contribution in [3.63, 3.8) is 0 Å². The van der Waals surface area contributed by atoms with E-state index in [1.807, 2.05) is 12.1 Å². The van der Waals surface area contributed by atoms with Gasteiger partial charge in [-0.1, -0.05) is 6.07 Å². The zero-order valence-electron chi connectivity index (χ0n) is 12.1. The average molecular weight is 291 g/mol. The Morgan fingerprint density at radius 1 is 1.38 bits per heavy atom. The lowest BCUT2D eigenvalue weighted by atomic mass is 10.1. The van der Waals surface area contributed by atoms with Crippen LogP contribution in [-0.2, 0) is 22.4 Å². The second-order valence-electron chi connectivity index (χ2n) is 5.59. The van der Waals surface area contributed by atoms with E-state index in [1.54, 1.807) is 4.90 Å². The molecule has 1 aromatic carbocycles. The topological polar surface area (TPSA) is 59.0 Å². The highest BCUT2D eigenvalue weighted by molar-refractivity contribution is 5.77. The van der Waals surface area contributed by atoms with E-state index in [2.05, 4.69) is 6.07 Å². The third-order valence-corrected chi connectivity index (χ3v) is 4.13. The predicted molar refractivity (Wildman–Crippen MR) is 77.4 cm³/mol. The smallest absolute Gasteiger partial charge is 0.260 e. The van der Waals surface area contributed by atoms with Gasteiger partial charge in [0.1, 0.15) is 5.75 Å². The molecule has 1 fully saturated rings. The van der Waals surface area contributed by atoms with E-state index in [-0.39, 0.29) is 25.2 Å². The molecule has 1 saturated heterocycles. The molecule has 3 rings (SSSR count). The van der Waals surface area contributed by atoms with Crippen LogP contribution in [0.5, 0.6) is 5.75 Å². The first-order chi connectivity index (χ1) is 10.3. The van der Waals surface area contributed by atoms with Crippen LogP contribution in [0.4, 0.5) is 0 Å². The molecule has 1 heterocycles. The van der Waals surface area contributed by atoms with Crippen molar-refractivity contribution in [2.75, 3.05) is 32.9 Å². The number of carbonyl (C=O) groups excluding carboxylic acids is 1. The molecule has 1 atom stereocenters. The van der Waals surface area contributed by atoms with E-state index >= 15 is 0 Å². The second kappa shape index (κ2) is 6.45. The molecule has 114 valence electrons. The summed E-state index contributed by atoms with van der Waals surface area (Å²) < 4.78 is 11.0. The van der Waals surface area contributed by atoms with Crippen LogP contribution in [0.3, 0.4) is 0 Å². The number of rotatable bonds is 4. The zero-order chi connectivity index (χ0) is 14.7. The van der Waals surface area contributed by atoms with Gasteiger partial charge in [0, 0.05) is 13.1 Å². The summed E-state index contributed by atoms with van der Waals surface area (Å²) in [5.74, 6) is 0.702. The molecule has 5 nitrogen and oxygen atoms in total. The molecule has 1 aliphatic heterocycles. The summed E-state index contributed by atoms with van der Waals surface area (Å²) in [5, 5.41) is 9.09. The summed E-state index contributed by atoms with van der Waals surface area (Å²) in [6, 6.07) is 6.08. The molecular formula is C16H21NO4. The minimum atomic E-state index is -0.275. The SMILES string of the molecule is O=C(COc1ccc2c(c1)CCC2)N1CCOC(CO)C1. The highest BCUT2D eigenvalue weighted by Gasteiger charge is 2.24. The number of morpholine rings is 1. The normalized spacial score (nSPS) is 21.2. The maximum Gasteiger partial charge on any atom is 0.260 e. The van der Waals surface area contributed by atoms with Gasteiger partial charge in [-0.2, -0.15) is 0 Å². The molecule has 0 aromatic heterocycles. The van der Waals surface area contributed by atoms with Gasteiger partial charge in [0.25, 0.3) is 5.91 Å². The number of benzene rings is 1. The summed E-state index contributed by atoms with van der Waals surface area (Å²) >= 11 is 0. The van der Waals surface area contributed by atoms with Gasteiger partial charge in [-0.15, -0.1) is 0 Å². The number of hydrogen-bond acceptors (Lipinski definition) is 4. The van der Waals surface area contributed by atoms with E-state index in [4.69, 9.17) is 14.6 Å². The fourth-order valence-electron chi connectivity index (χ4n) is 2.93. The van der Waals surface area contributed by atoms with Gasteiger partial charge in [0.05, 0.1) is 19.3 Å².